The fourth-order valence-electron chi connectivity index (χ4n) is 1.62. The summed E-state index contributed by atoms with van der Waals surface area (Å²) in [5, 5.41) is 4.00. The Morgan fingerprint density at radius 1 is 1.50 bits per heavy atom. The third kappa shape index (κ3) is 4.08. The Labute approximate surface area is 103 Å². The highest BCUT2D eigenvalue weighted by Gasteiger charge is 2.08. The topological polar surface area (TPSA) is 28.2 Å². The number of nitrogens with zero attached hydrogens (tertiary/aromatic N) is 2. The van der Waals surface area contributed by atoms with Gasteiger partial charge in [-0.2, -0.15) is 0 Å². The average molecular weight is 242 g/mol. The van der Waals surface area contributed by atoms with E-state index in [1.807, 2.05) is 12.1 Å². The molecule has 0 saturated heterocycles. The Kier molecular flexibility index (Phi) is 5.74. The van der Waals surface area contributed by atoms with Crippen LogP contribution < -0.4 is 5.32 Å². The van der Waals surface area contributed by atoms with Crippen LogP contribution in [0, 0.1) is 0 Å². The first-order chi connectivity index (χ1) is 7.65. The smallest absolute Gasteiger partial charge is 0.133 e. The highest BCUT2D eigenvalue weighted by atomic mass is 35.5. The lowest BCUT2D eigenvalue weighted by Gasteiger charge is -2.23. The molecule has 1 atom stereocenters. The van der Waals surface area contributed by atoms with E-state index in [2.05, 4.69) is 36.2 Å². The van der Waals surface area contributed by atoms with Gasteiger partial charge < -0.3 is 10.2 Å². The number of hydrogen-bond donors (Lipinski definition) is 1. The number of halogens is 1. The normalized spacial score (nSPS) is 13.1. The summed E-state index contributed by atoms with van der Waals surface area (Å²) < 4.78 is 0. The molecule has 90 valence electrons. The van der Waals surface area contributed by atoms with Gasteiger partial charge in [-0.05, 0) is 26.6 Å². The molecule has 1 aromatic heterocycles. The third-order valence-electron chi connectivity index (χ3n) is 2.73. The zero-order valence-corrected chi connectivity index (χ0v) is 11.0. The molecular formula is C12H20ClN3. The van der Waals surface area contributed by atoms with Crippen LogP contribution in [0.2, 0.25) is 5.15 Å². The first kappa shape index (κ1) is 13.4. The van der Waals surface area contributed by atoms with Crippen LogP contribution in [0.25, 0.3) is 0 Å². The predicted molar refractivity (Wildman–Crippen MR) is 68.7 cm³/mol. The summed E-state index contributed by atoms with van der Waals surface area (Å²) in [5.41, 5.74) is 1.05. The summed E-state index contributed by atoms with van der Waals surface area (Å²) in [6.45, 7) is 3.94. The van der Waals surface area contributed by atoms with Crippen LogP contribution in [0.3, 0.4) is 0 Å². The van der Waals surface area contributed by atoms with E-state index >= 15 is 0 Å². The minimum absolute atomic E-state index is 0.565. The molecule has 0 fully saturated rings. The van der Waals surface area contributed by atoms with Crippen LogP contribution >= 0.6 is 11.6 Å². The van der Waals surface area contributed by atoms with Crippen LogP contribution in [0.1, 0.15) is 18.9 Å². The summed E-state index contributed by atoms with van der Waals surface area (Å²) in [5.74, 6) is 0. The number of nitrogens with one attached hydrogen (secondary N) is 1. The van der Waals surface area contributed by atoms with Gasteiger partial charge >= 0.3 is 0 Å². The van der Waals surface area contributed by atoms with Crippen LogP contribution in [-0.2, 0) is 6.54 Å². The maximum Gasteiger partial charge on any atom is 0.133 e. The summed E-state index contributed by atoms with van der Waals surface area (Å²) in [6, 6.07) is 4.47. The third-order valence-corrected chi connectivity index (χ3v) is 3.07. The van der Waals surface area contributed by atoms with Gasteiger partial charge in [0.2, 0.25) is 0 Å². The summed E-state index contributed by atoms with van der Waals surface area (Å²) >= 11 is 5.97. The second kappa shape index (κ2) is 6.84. The highest BCUT2D eigenvalue weighted by Crippen LogP contribution is 2.10. The van der Waals surface area contributed by atoms with E-state index in [4.69, 9.17) is 11.6 Å². The monoisotopic (exact) mass is 241 g/mol. The van der Waals surface area contributed by atoms with Crippen LogP contribution in [0.5, 0.6) is 0 Å². The molecule has 1 unspecified atom stereocenters. The number of aromatic nitrogens is 1. The maximum absolute atomic E-state index is 5.97. The predicted octanol–water partition coefficient (Wildman–Crippen LogP) is 2.16. The van der Waals surface area contributed by atoms with Crippen LogP contribution in [-0.4, -0.2) is 36.6 Å². The number of hydrogen-bond acceptors (Lipinski definition) is 3. The molecule has 0 aliphatic rings. The van der Waals surface area contributed by atoms with Crippen LogP contribution in [0.4, 0.5) is 0 Å². The number of pyridine rings is 1. The van der Waals surface area contributed by atoms with Crippen molar-refractivity contribution < 1.29 is 0 Å². The number of likely N-dealkylation sites (N-methyl/N-ethyl adjacent to an activating group) is 1. The van der Waals surface area contributed by atoms with E-state index < -0.39 is 0 Å². The Hall–Kier alpha value is -0.640. The molecule has 16 heavy (non-hydrogen) atoms. The highest BCUT2D eigenvalue weighted by molar-refractivity contribution is 6.30. The molecule has 3 nitrogen and oxygen atoms in total. The first-order valence-electron chi connectivity index (χ1n) is 5.61. The maximum atomic E-state index is 5.97. The minimum atomic E-state index is 0.565. The van der Waals surface area contributed by atoms with Crippen molar-refractivity contribution in [3.63, 3.8) is 0 Å². The van der Waals surface area contributed by atoms with Gasteiger partial charge in [0.25, 0.3) is 0 Å². The molecule has 0 aliphatic carbocycles. The van der Waals surface area contributed by atoms with E-state index in [1.165, 1.54) is 0 Å². The molecule has 4 heteroatoms. The lowest BCUT2D eigenvalue weighted by atomic mass is 10.2. The molecular weight excluding hydrogens is 222 g/mol. The quantitative estimate of drug-likeness (QED) is 0.774. The van der Waals surface area contributed by atoms with E-state index in [9.17, 15) is 0 Å². The average Bonchev–Trinajstić information content (AvgIpc) is 2.26. The minimum Gasteiger partial charge on any atom is -0.311 e. The summed E-state index contributed by atoms with van der Waals surface area (Å²) in [4.78, 5) is 6.28. The molecule has 0 saturated carbocycles. The largest absolute Gasteiger partial charge is 0.311 e. The van der Waals surface area contributed by atoms with Gasteiger partial charge in [-0.1, -0.05) is 24.6 Å². The fourth-order valence-corrected chi connectivity index (χ4v) is 1.80. The van der Waals surface area contributed by atoms with Gasteiger partial charge in [-0.3, -0.25) is 0 Å². The van der Waals surface area contributed by atoms with E-state index in [0.717, 1.165) is 25.1 Å². The van der Waals surface area contributed by atoms with Gasteiger partial charge in [0.05, 0.1) is 0 Å². The Morgan fingerprint density at radius 2 is 2.25 bits per heavy atom. The van der Waals surface area contributed by atoms with Crippen molar-refractivity contribution in [2.75, 3.05) is 20.6 Å². The Morgan fingerprint density at radius 3 is 2.81 bits per heavy atom. The lowest BCUT2D eigenvalue weighted by molar-refractivity contribution is 0.276. The van der Waals surface area contributed by atoms with E-state index in [1.54, 1.807) is 6.20 Å². The van der Waals surface area contributed by atoms with Crippen molar-refractivity contribution in [3.05, 3.63) is 29.0 Å². The van der Waals surface area contributed by atoms with Crippen molar-refractivity contribution in [3.8, 4) is 0 Å². The Balaban J connectivity index is 2.38. The molecule has 0 aromatic carbocycles. The van der Waals surface area contributed by atoms with Gasteiger partial charge in [0.1, 0.15) is 5.15 Å². The molecule has 1 aromatic rings. The van der Waals surface area contributed by atoms with Crippen molar-refractivity contribution in [2.24, 2.45) is 0 Å². The molecule has 0 amide bonds. The molecule has 0 bridgehead atoms. The summed E-state index contributed by atoms with van der Waals surface area (Å²) in [6.07, 6.45) is 2.85. The SMILES string of the molecule is CCC(CNCc1cccnc1Cl)N(C)C. The molecule has 1 heterocycles. The molecule has 0 aliphatic heterocycles. The molecule has 1 N–H and O–H groups in total. The van der Waals surface area contributed by atoms with Crippen molar-refractivity contribution in [2.45, 2.75) is 25.9 Å². The Bertz CT molecular complexity index is 315. The zero-order valence-electron chi connectivity index (χ0n) is 10.2. The van der Waals surface area contributed by atoms with E-state index in [-0.39, 0.29) is 0 Å². The summed E-state index contributed by atoms with van der Waals surface area (Å²) in [7, 11) is 4.21. The van der Waals surface area contributed by atoms with Crippen LogP contribution in [0.15, 0.2) is 18.3 Å². The van der Waals surface area contributed by atoms with Gasteiger partial charge in [0.15, 0.2) is 0 Å². The molecule has 1 rings (SSSR count). The lowest BCUT2D eigenvalue weighted by Crippen LogP contribution is -2.37. The zero-order chi connectivity index (χ0) is 12.0. The standard InChI is InChI=1S/C12H20ClN3/c1-4-11(16(2)3)9-14-8-10-6-5-7-15-12(10)13/h5-7,11,14H,4,8-9H2,1-3H3. The molecule has 0 spiro atoms. The van der Waals surface area contributed by atoms with Crippen molar-refractivity contribution in [1.82, 2.24) is 15.2 Å². The van der Waals surface area contributed by atoms with Crippen molar-refractivity contribution in [1.29, 1.82) is 0 Å². The fraction of sp³-hybridized carbons (Fsp3) is 0.583. The van der Waals surface area contributed by atoms with Gasteiger partial charge in [-0.25, -0.2) is 4.98 Å². The first-order valence-corrected chi connectivity index (χ1v) is 5.99. The van der Waals surface area contributed by atoms with Gasteiger partial charge in [-0.15, -0.1) is 0 Å². The molecule has 0 radical (unpaired) electrons. The van der Waals surface area contributed by atoms with Gasteiger partial charge in [0, 0.05) is 30.9 Å². The van der Waals surface area contributed by atoms with Crippen molar-refractivity contribution >= 4 is 11.6 Å². The second-order valence-corrected chi connectivity index (χ2v) is 4.47. The van der Waals surface area contributed by atoms with E-state index in [0.29, 0.717) is 11.2 Å². The number of rotatable bonds is 6. The second-order valence-electron chi connectivity index (χ2n) is 4.11.